The van der Waals surface area contributed by atoms with Gasteiger partial charge in [0.15, 0.2) is 0 Å². The second-order valence-electron chi connectivity index (χ2n) is 13.4. The molecule has 4 heteroatoms. The zero-order valence-electron chi connectivity index (χ0n) is 30.2. The highest BCUT2D eigenvalue weighted by Crippen LogP contribution is 2.49. The molecule has 0 atom stereocenters. The molecule has 0 radical (unpaired) electrons. The molecule has 8 aromatic rings. The van der Waals surface area contributed by atoms with Crippen LogP contribution in [0.2, 0.25) is 0 Å². The van der Waals surface area contributed by atoms with Gasteiger partial charge < -0.3 is 4.90 Å². The fraction of sp³-hybridized carbons (Fsp3) is 0.0612. The lowest BCUT2D eigenvalue weighted by atomic mass is 9.96. The first-order valence-electron chi connectivity index (χ1n) is 18.0. The monoisotopic (exact) mass is 684 g/mol. The Bertz CT molecular complexity index is 2270. The molecule has 0 unspecified atom stereocenters. The summed E-state index contributed by atoms with van der Waals surface area (Å²) >= 11 is 0. The Kier molecular flexibility index (Phi) is 9.34. The van der Waals surface area contributed by atoms with E-state index in [-0.39, 0.29) is 0 Å². The molecule has 0 spiro atoms. The van der Waals surface area contributed by atoms with E-state index in [1.165, 1.54) is 22.3 Å². The van der Waals surface area contributed by atoms with Crippen molar-refractivity contribution >= 4 is 34.3 Å². The van der Waals surface area contributed by atoms with E-state index < -0.39 is 0 Å². The Balaban J connectivity index is 1.37. The van der Waals surface area contributed by atoms with Crippen molar-refractivity contribution in [2.24, 2.45) is 0 Å². The summed E-state index contributed by atoms with van der Waals surface area (Å²) in [7, 11) is 0. The minimum absolute atomic E-state index is 0.828. The summed E-state index contributed by atoms with van der Waals surface area (Å²) in [5, 5.41) is 0. The predicted octanol–water partition coefficient (Wildman–Crippen LogP) is 13.3. The van der Waals surface area contributed by atoms with Crippen molar-refractivity contribution in [3.05, 3.63) is 205 Å². The molecule has 0 N–H and O–H groups in total. The van der Waals surface area contributed by atoms with E-state index in [2.05, 4.69) is 199 Å². The van der Waals surface area contributed by atoms with Gasteiger partial charge in [0.1, 0.15) is 5.82 Å². The van der Waals surface area contributed by atoms with Crippen LogP contribution in [0.4, 0.5) is 34.3 Å². The lowest BCUT2D eigenvalue weighted by Gasteiger charge is -2.33. The second kappa shape index (κ2) is 14.8. The first-order chi connectivity index (χ1) is 26.0. The number of rotatable bonds is 9. The third-order valence-corrected chi connectivity index (χ3v) is 9.59. The minimum atomic E-state index is 0.828. The minimum Gasteiger partial charge on any atom is -0.310 e. The number of aromatic nitrogens is 2. The van der Waals surface area contributed by atoms with E-state index in [1.807, 2.05) is 24.7 Å². The Hall–Kier alpha value is -6.78. The van der Waals surface area contributed by atoms with Crippen molar-refractivity contribution in [1.82, 2.24) is 9.97 Å². The second-order valence-corrected chi connectivity index (χ2v) is 13.4. The van der Waals surface area contributed by atoms with Crippen LogP contribution in [-0.2, 0) is 0 Å². The normalized spacial score (nSPS) is 10.9. The topological polar surface area (TPSA) is 32.3 Å². The zero-order chi connectivity index (χ0) is 36.1. The molecular formula is C49H40N4. The van der Waals surface area contributed by atoms with Gasteiger partial charge in [-0.1, -0.05) is 108 Å². The molecule has 0 bridgehead atoms. The highest BCUT2D eigenvalue weighted by molar-refractivity contribution is 5.98. The maximum absolute atomic E-state index is 5.13. The molecule has 6 aromatic carbocycles. The number of pyridine rings is 2. The molecule has 0 aliphatic heterocycles. The molecule has 4 nitrogen and oxygen atoms in total. The van der Waals surface area contributed by atoms with Crippen LogP contribution in [0.3, 0.4) is 0 Å². The first-order valence-corrected chi connectivity index (χ1v) is 18.0. The van der Waals surface area contributed by atoms with Crippen molar-refractivity contribution in [3.8, 4) is 33.4 Å². The summed E-state index contributed by atoms with van der Waals surface area (Å²) in [5.74, 6) is 0.828. The lowest BCUT2D eigenvalue weighted by Crippen LogP contribution is -2.17. The van der Waals surface area contributed by atoms with Gasteiger partial charge in [0.25, 0.3) is 0 Å². The molecule has 0 aliphatic carbocycles. The first kappa shape index (κ1) is 33.4. The van der Waals surface area contributed by atoms with Gasteiger partial charge in [0.05, 0.1) is 11.4 Å². The van der Waals surface area contributed by atoms with Gasteiger partial charge in [0.2, 0.25) is 0 Å². The van der Waals surface area contributed by atoms with Crippen LogP contribution in [0, 0.1) is 20.8 Å². The summed E-state index contributed by atoms with van der Waals surface area (Å²) < 4.78 is 0. The maximum atomic E-state index is 5.13. The standard InChI is InChI=1S/C49H40N4/c1-35-14-21-43(22-15-35)52(44-25-18-40(19-26-44)38-10-6-4-7-11-38)46-32-37(3)33-47(49(46)41-28-30-50-31-29-41)53(45-23-16-36(2)17-24-45)48-27-20-42(34-51-48)39-12-8-5-9-13-39/h4-34H,1-3H3. The van der Waals surface area contributed by atoms with Crippen molar-refractivity contribution in [3.63, 3.8) is 0 Å². The van der Waals surface area contributed by atoms with E-state index in [9.17, 15) is 0 Å². The predicted molar refractivity (Wildman–Crippen MR) is 222 cm³/mol. The van der Waals surface area contributed by atoms with Crippen molar-refractivity contribution in [1.29, 1.82) is 0 Å². The number of nitrogens with zero attached hydrogens (tertiary/aromatic N) is 4. The van der Waals surface area contributed by atoms with Crippen LogP contribution >= 0.6 is 0 Å². The van der Waals surface area contributed by atoms with Crippen LogP contribution in [0.25, 0.3) is 33.4 Å². The van der Waals surface area contributed by atoms with Crippen molar-refractivity contribution < 1.29 is 0 Å². The molecule has 2 aromatic heterocycles. The van der Waals surface area contributed by atoms with Crippen LogP contribution in [0.1, 0.15) is 16.7 Å². The molecule has 0 fully saturated rings. The lowest BCUT2D eigenvalue weighted by molar-refractivity contribution is 1.17. The van der Waals surface area contributed by atoms with E-state index in [0.29, 0.717) is 0 Å². The van der Waals surface area contributed by atoms with Crippen LogP contribution in [-0.4, -0.2) is 9.97 Å². The number of benzene rings is 6. The highest BCUT2D eigenvalue weighted by atomic mass is 15.2. The molecule has 2 heterocycles. The Morgan fingerprint density at radius 3 is 1.36 bits per heavy atom. The third-order valence-electron chi connectivity index (χ3n) is 9.59. The zero-order valence-corrected chi connectivity index (χ0v) is 30.2. The fourth-order valence-electron chi connectivity index (χ4n) is 6.88. The summed E-state index contributed by atoms with van der Waals surface area (Å²) in [6.07, 6.45) is 5.72. The summed E-state index contributed by atoms with van der Waals surface area (Å²) in [4.78, 5) is 14.2. The number of hydrogen-bond acceptors (Lipinski definition) is 4. The van der Waals surface area contributed by atoms with E-state index in [0.717, 1.165) is 62.1 Å². The van der Waals surface area contributed by atoms with E-state index in [1.54, 1.807) is 0 Å². The van der Waals surface area contributed by atoms with Gasteiger partial charge in [-0.2, -0.15) is 0 Å². The largest absolute Gasteiger partial charge is 0.310 e. The average Bonchev–Trinajstić information content (AvgIpc) is 3.21. The molecule has 0 amide bonds. The number of aryl methyl sites for hydroxylation is 3. The fourth-order valence-corrected chi connectivity index (χ4v) is 6.88. The average molecular weight is 685 g/mol. The molecule has 8 rings (SSSR count). The summed E-state index contributed by atoms with van der Waals surface area (Å²) in [6, 6.07) is 60.3. The van der Waals surface area contributed by atoms with Crippen molar-refractivity contribution in [2.45, 2.75) is 20.8 Å². The third kappa shape index (κ3) is 7.08. The summed E-state index contributed by atoms with van der Waals surface area (Å²) in [6.45, 7) is 6.43. The van der Waals surface area contributed by atoms with Gasteiger partial charge in [-0.25, -0.2) is 4.98 Å². The summed E-state index contributed by atoms with van der Waals surface area (Å²) in [5.41, 5.74) is 15.5. The van der Waals surface area contributed by atoms with Gasteiger partial charge >= 0.3 is 0 Å². The highest BCUT2D eigenvalue weighted by Gasteiger charge is 2.26. The SMILES string of the molecule is Cc1ccc(N(c2ccc(-c3ccccc3)cc2)c2cc(C)cc(N(c3ccc(C)cc3)c3ccc(-c4ccccc4)cn3)c2-c2ccncc2)cc1. The molecule has 256 valence electrons. The molecule has 53 heavy (non-hydrogen) atoms. The van der Waals surface area contributed by atoms with Gasteiger partial charge in [-0.05, 0) is 121 Å². The molecule has 0 saturated heterocycles. The van der Waals surface area contributed by atoms with E-state index in [4.69, 9.17) is 4.98 Å². The van der Waals surface area contributed by atoms with Crippen molar-refractivity contribution in [2.75, 3.05) is 9.80 Å². The number of hydrogen-bond donors (Lipinski definition) is 0. The Labute approximate surface area is 312 Å². The van der Waals surface area contributed by atoms with Gasteiger partial charge in [-0.3, -0.25) is 9.88 Å². The van der Waals surface area contributed by atoms with Crippen LogP contribution < -0.4 is 9.80 Å². The van der Waals surface area contributed by atoms with Gasteiger partial charge in [-0.15, -0.1) is 0 Å². The van der Waals surface area contributed by atoms with Crippen LogP contribution in [0.5, 0.6) is 0 Å². The smallest absolute Gasteiger partial charge is 0.137 e. The van der Waals surface area contributed by atoms with E-state index >= 15 is 0 Å². The maximum Gasteiger partial charge on any atom is 0.137 e. The van der Waals surface area contributed by atoms with Crippen LogP contribution in [0.15, 0.2) is 188 Å². The Morgan fingerprint density at radius 1 is 0.377 bits per heavy atom. The molecule has 0 saturated carbocycles. The quantitative estimate of drug-likeness (QED) is 0.151. The Morgan fingerprint density at radius 2 is 0.830 bits per heavy atom. The molecular weight excluding hydrogens is 645 g/mol. The van der Waals surface area contributed by atoms with Gasteiger partial charge in [0, 0.05) is 46.8 Å². The molecule has 0 aliphatic rings. The number of anilines is 6.